The zero-order valence-electron chi connectivity index (χ0n) is 16.6. The highest BCUT2D eigenvalue weighted by atomic mass is 35.5. The smallest absolute Gasteiger partial charge is 0.255 e. The number of rotatable bonds is 3. The fourth-order valence-corrected chi connectivity index (χ4v) is 5.85. The van der Waals surface area contributed by atoms with Gasteiger partial charge in [0.2, 0.25) is 0 Å². The highest BCUT2D eigenvalue weighted by Gasteiger charge is 2.47. The lowest BCUT2D eigenvalue weighted by Crippen LogP contribution is -2.53. The molecule has 0 bridgehead atoms. The van der Waals surface area contributed by atoms with E-state index in [-0.39, 0.29) is 16.7 Å². The molecule has 2 heterocycles. The number of hydrogen-bond acceptors (Lipinski definition) is 4. The molecule has 0 atom stereocenters. The van der Waals surface area contributed by atoms with Crippen molar-refractivity contribution in [2.24, 2.45) is 0 Å². The van der Waals surface area contributed by atoms with Crippen molar-refractivity contribution in [3.63, 3.8) is 0 Å². The third-order valence-corrected chi connectivity index (χ3v) is 8.03. The molecule has 2 aliphatic heterocycles. The highest BCUT2D eigenvalue weighted by Crippen LogP contribution is 2.45. The van der Waals surface area contributed by atoms with Crippen molar-refractivity contribution in [1.29, 1.82) is 0 Å². The molecule has 2 amide bonds. The van der Waals surface area contributed by atoms with E-state index in [9.17, 15) is 9.59 Å². The van der Waals surface area contributed by atoms with Gasteiger partial charge < -0.3 is 14.5 Å². The van der Waals surface area contributed by atoms with Gasteiger partial charge in [0.05, 0.1) is 22.0 Å². The van der Waals surface area contributed by atoms with Crippen LogP contribution in [0.15, 0.2) is 42.5 Å². The van der Waals surface area contributed by atoms with Crippen LogP contribution in [0.1, 0.15) is 33.6 Å². The first-order valence-corrected chi connectivity index (χ1v) is 11.5. The molecular weight excluding hydrogens is 443 g/mol. The monoisotopic (exact) mass is 464 g/mol. The number of amides is 2. The predicted molar refractivity (Wildman–Crippen MR) is 121 cm³/mol. The normalized spacial score (nSPS) is 18.0. The Morgan fingerprint density at radius 3 is 2.40 bits per heavy atom. The summed E-state index contributed by atoms with van der Waals surface area (Å²) in [5.74, 6) is 1.53. The van der Waals surface area contributed by atoms with Gasteiger partial charge in [0, 0.05) is 36.5 Å². The van der Waals surface area contributed by atoms with E-state index in [1.165, 1.54) is 0 Å². The Morgan fingerprint density at radius 1 is 0.967 bits per heavy atom. The molecule has 0 aromatic heterocycles. The average molecular weight is 465 g/mol. The molecule has 0 N–H and O–H groups in total. The Hall–Kier alpha value is -1.89. The average Bonchev–Trinajstić information content (AvgIpc) is 3.18. The lowest BCUT2D eigenvalue weighted by atomic mass is 10.00. The van der Waals surface area contributed by atoms with E-state index in [0.717, 1.165) is 18.6 Å². The third-order valence-electron chi connectivity index (χ3n) is 5.74. The largest absolute Gasteiger partial charge is 0.497 e. The van der Waals surface area contributed by atoms with Crippen molar-refractivity contribution in [3.05, 3.63) is 63.6 Å². The Kier molecular flexibility index (Phi) is 6.19. The Labute approximate surface area is 190 Å². The fourth-order valence-electron chi connectivity index (χ4n) is 4.09. The highest BCUT2D eigenvalue weighted by molar-refractivity contribution is 8.00. The summed E-state index contributed by atoms with van der Waals surface area (Å²) < 4.78 is 5.27. The number of methoxy groups -OCH3 is 1. The molecule has 0 aliphatic carbocycles. The van der Waals surface area contributed by atoms with Gasteiger partial charge in [-0.15, -0.1) is 11.8 Å². The second-order valence-corrected chi connectivity index (χ2v) is 9.68. The van der Waals surface area contributed by atoms with Crippen molar-refractivity contribution in [3.8, 4) is 5.75 Å². The van der Waals surface area contributed by atoms with Gasteiger partial charge in [0.1, 0.15) is 5.75 Å². The zero-order valence-corrected chi connectivity index (χ0v) is 18.9. The first-order chi connectivity index (χ1) is 14.4. The van der Waals surface area contributed by atoms with Gasteiger partial charge in [0.25, 0.3) is 11.8 Å². The van der Waals surface area contributed by atoms with Crippen LogP contribution in [0.3, 0.4) is 0 Å². The summed E-state index contributed by atoms with van der Waals surface area (Å²) in [5, 5.41) is 0.803. The molecule has 8 heteroatoms. The maximum atomic E-state index is 13.2. The summed E-state index contributed by atoms with van der Waals surface area (Å²) in [5.41, 5.74) is 1.16. The van der Waals surface area contributed by atoms with E-state index in [1.807, 2.05) is 39.8 Å². The Balaban J connectivity index is 1.47. The lowest BCUT2D eigenvalue weighted by molar-refractivity contribution is 0.0497. The molecular formula is C22H22Cl2N2O3S. The number of benzene rings is 2. The summed E-state index contributed by atoms with van der Waals surface area (Å²) in [7, 11) is 1.59. The standard InChI is InChI=1S/C22H22Cl2N2O3S/c1-29-17-4-2-3-15(13-17)21(28)26-11-12-30-22(26)7-9-25(10-8-22)20(27)16-5-6-18(23)19(24)14-16/h2-6,13-14H,7-12H2,1H3. The van der Waals surface area contributed by atoms with E-state index in [4.69, 9.17) is 27.9 Å². The Bertz CT molecular complexity index is 977. The minimum Gasteiger partial charge on any atom is -0.497 e. The maximum Gasteiger partial charge on any atom is 0.255 e. The predicted octanol–water partition coefficient (Wildman–Crippen LogP) is 4.82. The number of nitrogens with zero attached hydrogens (tertiary/aromatic N) is 2. The summed E-state index contributed by atoms with van der Waals surface area (Å²) >= 11 is 13.9. The molecule has 0 unspecified atom stereocenters. The van der Waals surface area contributed by atoms with Gasteiger partial charge in [-0.1, -0.05) is 29.3 Å². The summed E-state index contributed by atoms with van der Waals surface area (Å²) in [4.78, 5) is 29.7. The van der Waals surface area contributed by atoms with Crippen molar-refractivity contribution in [2.45, 2.75) is 17.7 Å². The molecule has 5 nitrogen and oxygen atoms in total. The van der Waals surface area contributed by atoms with Gasteiger partial charge >= 0.3 is 0 Å². The van der Waals surface area contributed by atoms with Gasteiger partial charge in [-0.25, -0.2) is 0 Å². The number of carbonyl (C=O) groups excluding carboxylic acids is 2. The van der Waals surface area contributed by atoms with E-state index in [1.54, 1.807) is 31.4 Å². The van der Waals surface area contributed by atoms with Crippen LogP contribution in [0.25, 0.3) is 0 Å². The van der Waals surface area contributed by atoms with Crippen LogP contribution >= 0.6 is 35.0 Å². The van der Waals surface area contributed by atoms with Crippen molar-refractivity contribution in [1.82, 2.24) is 9.80 Å². The summed E-state index contributed by atoms with van der Waals surface area (Å²) in [6.07, 6.45) is 1.47. The lowest BCUT2D eigenvalue weighted by Gasteiger charge is -2.44. The number of halogens is 2. The zero-order chi connectivity index (χ0) is 21.3. The first-order valence-electron chi connectivity index (χ1n) is 9.78. The molecule has 158 valence electrons. The number of thioether (sulfide) groups is 1. The molecule has 2 aromatic carbocycles. The van der Waals surface area contributed by atoms with Crippen molar-refractivity contribution < 1.29 is 14.3 Å². The van der Waals surface area contributed by atoms with Crippen LogP contribution in [-0.2, 0) is 0 Å². The molecule has 0 radical (unpaired) electrons. The van der Waals surface area contributed by atoms with Gasteiger partial charge in [0.15, 0.2) is 0 Å². The van der Waals surface area contributed by atoms with Crippen molar-refractivity contribution >= 4 is 46.8 Å². The molecule has 0 saturated carbocycles. The van der Waals surface area contributed by atoms with E-state index in [2.05, 4.69) is 0 Å². The third kappa shape index (κ3) is 4.01. The van der Waals surface area contributed by atoms with Gasteiger partial charge in [-0.05, 0) is 49.2 Å². The Morgan fingerprint density at radius 2 is 1.70 bits per heavy atom. The number of hydrogen-bond donors (Lipinski definition) is 0. The summed E-state index contributed by atoms with van der Waals surface area (Å²) in [6.45, 7) is 1.89. The molecule has 2 aliphatic rings. The molecule has 2 saturated heterocycles. The molecule has 2 aromatic rings. The molecule has 30 heavy (non-hydrogen) atoms. The number of likely N-dealkylation sites (tertiary alicyclic amines) is 1. The quantitative estimate of drug-likeness (QED) is 0.652. The van der Waals surface area contributed by atoms with Crippen LogP contribution in [0.5, 0.6) is 5.75 Å². The summed E-state index contributed by atoms with van der Waals surface area (Å²) in [6, 6.07) is 12.2. The molecule has 4 rings (SSSR count). The number of piperidine rings is 1. The van der Waals surface area contributed by atoms with E-state index >= 15 is 0 Å². The molecule has 2 fully saturated rings. The SMILES string of the molecule is COc1cccc(C(=O)N2CCSC23CCN(C(=O)c2ccc(Cl)c(Cl)c2)CC3)c1. The first kappa shape index (κ1) is 21.3. The fraction of sp³-hybridized carbons (Fsp3) is 0.364. The van der Waals surface area contributed by atoms with Gasteiger partial charge in [-0.2, -0.15) is 0 Å². The van der Waals surface area contributed by atoms with Crippen LogP contribution in [-0.4, -0.2) is 59.0 Å². The number of ether oxygens (including phenoxy) is 1. The van der Waals surface area contributed by atoms with Crippen LogP contribution in [0.4, 0.5) is 0 Å². The van der Waals surface area contributed by atoms with Crippen molar-refractivity contribution in [2.75, 3.05) is 32.5 Å². The van der Waals surface area contributed by atoms with Crippen LogP contribution < -0.4 is 4.74 Å². The number of carbonyl (C=O) groups is 2. The van der Waals surface area contributed by atoms with E-state index in [0.29, 0.717) is 46.6 Å². The van der Waals surface area contributed by atoms with Crippen LogP contribution in [0.2, 0.25) is 10.0 Å². The second kappa shape index (κ2) is 8.69. The minimum absolute atomic E-state index is 0.0168. The molecule has 1 spiro atoms. The maximum absolute atomic E-state index is 13.2. The second-order valence-electron chi connectivity index (χ2n) is 7.40. The van der Waals surface area contributed by atoms with E-state index < -0.39 is 0 Å². The topological polar surface area (TPSA) is 49.9 Å². The minimum atomic E-state index is -0.269. The van der Waals surface area contributed by atoms with Crippen LogP contribution in [0, 0.1) is 0 Å². The van der Waals surface area contributed by atoms with Gasteiger partial charge in [-0.3, -0.25) is 9.59 Å².